The lowest BCUT2D eigenvalue weighted by Gasteiger charge is -1.95. The molecule has 0 aliphatic carbocycles. The Bertz CT molecular complexity index is 905. The average Bonchev–Trinajstić information content (AvgIpc) is 3.09. The van der Waals surface area contributed by atoms with E-state index in [1.165, 1.54) is 0 Å². The molecule has 7 nitrogen and oxygen atoms in total. The molecule has 0 bridgehead atoms. The Morgan fingerprint density at radius 2 is 2.15 bits per heavy atom. The molecule has 98 valence electrons. The van der Waals surface area contributed by atoms with Crippen LogP contribution in [0.2, 0.25) is 0 Å². The summed E-state index contributed by atoms with van der Waals surface area (Å²) < 4.78 is 1.77. The van der Waals surface area contributed by atoms with Crippen LogP contribution >= 0.6 is 0 Å². The molecule has 0 aromatic carbocycles. The summed E-state index contributed by atoms with van der Waals surface area (Å²) in [4.78, 5) is 16.3. The zero-order valence-corrected chi connectivity index (χ0v) is 10.7. The normalized spacial score (nSPS) is 11.2. The summed E-state index contributed by atoms with van der Waals surface area (Å²) in [7, 11) is 1.83. The van der Waals surface area contributed by atoms with E-state index in [1.807, 2.05) is 19.2 Å². The van der Waals surface area contributed by atoms with Gasteiger partial charge in [-0.25, -0.2) is 14.5 Å². The lowest BCUT2D eigenvalue weighted by molar-refractivity contribution is 0.946. The lowest BCUT2D eigenvalue weighted by Crippen LogP contribution is -1.91. The van der Waals surface area contributed by atoms with Crippen LogP contribution in [0.4, 0.5) is 5.82 Å². The third-order valence-corrected chi connectivity index (χ3v) is 3.18. The number of nitrogens with zero attached hydrogens (tertiary/aromatic N) is 5. The Morgan fingerprint density at radius 1 is 1.20 bits per heavy atom. The molecule has 0 saturated carbocycles. The van der Waals surface area contributed by atoms with Gasteiger partial charge in [0.2, 0.25) is 0 Å². The highest BCUT2D eigenvalue weighted by Gasteiger charge is 2.11. The number of aromatic amines is 1. The van der Waals surface area contributed by atoms with Crippen LogP contribution in [0.25, 0.3) is 28.1 Å². The first-order valence-electron chi connectivity index (χ1n) is 6.17. The number of aromatic nitrogens is 6. The number of rotatable bonds is 2. The van der Waals surface area contributed by atoms with Crippen molar-refractivity contribution >= 4 is 22.5 Å². The van der Waals surface area contributed by atoms with Gasteiger partial charge in [-0.2, -0.15) is 5.10 Å². The van der Waals surface area contributed by atoms with Crippen molar-refractivity contribution in [2.75, 3.05) is 12.4 Å². The molecule has 0 saturated heterocycles. The molecule has 20 heavy (non-hydrogen) atoms. The quantitative estimate of drug-likeness (QED) is 0.576. The molecule has 0 atom stereocenters. The van der Waals surface area contributed by atoms with Crippen LogP contribution in [0.3, 0.4) is 0 Å². The maximum absolute atomic E-state index is 4.53. The second-order valence-corrected chi connectivity index (χ2v) is 4.37. The monoisotopic (exact) mass is 265 g/mol. The molecule has 2 N–H and O–H groups in total. The fourth-order valence-corrected chi connectivity index (χ4v) is 2.18. The van der Waals surface area contributed by atoms with Gasteiger partial charge in [-0.15, -0.1) is 0 Å². The van der Waals surface area contributed by atoms with Crippen molar-refractivity contribution in [3.63, 3.8) is 0 Å². The van der Waals surface area contributed by atoms with E-state index in [0.29, 0.717) is 5.65 Å². The summed E-state index contributed by atoms with van der Waals surface area (Å²) in [5.74, 6) is 1.53. The van der Waals surface area contributed by atoms with E-state index in [4.69, 9.17) is 0 Å². The summed E-state index contributed by atoms with van der Waals surface area (Å²) in [6, 6.07) is 3.86. The van der Waals surface area contributed by atoms with Crippen molar-refractivity contribution in [3.05, 3.63) is 36.9 Å². The van der Waals surface area contributed by atoms with Crippen molar-refractivity contribution in [2.24, 2.45) is 0 Å². The molecule has 4 rings (SSSR count). The average molecular weight is 265 g/mol. The number of pyridine rings is 1. The molecular formula is C13H11N7. The van der Waals surface area contributed by atoms with Crippen molar-refractivity contribution in [2.45, 2.75) is 0 Å². The van der Waals surface area contributed by atoms with E-state index >= 15 is 0 Å². The summed E-state index contributed by atoms with van der Waals surface area (Å²) in [6.07, 6.45) is 7.04. The maximum Gasteiger partial charge on any atom is 0.180 e. The van der Waals surface area contributed by atoms with E-state index < -0.39 is 0 Å². The molecule has 0 radical (unpaired) electrons. The standard InChI is InChI=1S/C13H11N7/c1-14-11-3-2-9-13(18-11)19-12(17-9)8-6-16-20-5-4-15-7-10(8)20/h2-7H,1H3,(H2,14,17,18,19). The minimum atomic E-state index is 0.676. The van der Waals surface area contributed by atoms with Crippen molar-refractivity contribution in [1.29, 1.82) is 0 Å². The fourth-order valence-electron chi connectivity index (χ4n) is 2.18. The maximum atomic E-state index is 4.53. The highest BCUT2D eigenvalue weighted by molar-refractivity contribution is 5.82. The van der Waals surface area contributed by atoms with E-state index in [1.54, 1.807) is 29.3 Å². The minimum absolute atomic E-state index is 0.676. The molecule has 0 aliphatic heterocycles. The van der Waals surface area contributed by atoms with Crippen LogP contribution in [0.1, 0.15) is 0 Å². The second kappa shape index (κ2) is 4.02. The molecule has 4 aromatic rings. The summed E-state index contributed by atoms with van der Waals surface area (Å²) in [5.41, 5.74) is 3.37. The molecule has 0 spiro atoms. The van der Waals surface area contributed by atoms with Gasteiger partial charge in [0.25, 0.3) is 0 Å². The molecule has 0 amide bonds. The largest absolute Gasteiger partial charge is 0.373 e. The zero-order chi connectivity index (χ0) is 13.5. The van der Waals surface area contributed by atoms with Crippen LogP contribution in [0.15, 0.2) is 36.9 Å². The number of anilines is 1. The van der Waals surface area contributed by atoms with Gasteiger partial charge in [0.15, 0.2) is 5.65 Å². The highest BCUT2D eigenvalue weighted by Crippen LogP contribution is 2.23. The third-order valence-electron chi connectivity index (χ3n) is 3.18. The smallest absolute Gasteiger partial charge is 0.180 e. The van der Waals surface area contributed by atoms with Gasteiger partial charge in [-0.05, 0) is 12.1 Å². The summed E-state index contributed by atoms with van der Waals surface area (Å²) in [6.45, 7) is 0. The molecule has 0 fully saturated rings. The predicted molar refractivity (Wildman–Crippen MR) is 75.4 cm³/mol. The van der Waals surface area contributed by atoms with Crippen LogP contribution < -0.4 is 5.32 Å². The van der Waals surface area contributed by atoms with E-state index in [2.05, 4.69) is 30.4 Å². The first-order chi connectivity index (χ1) is 9.85. The van der Waals surface area contributed by atoms with Crippen molar-refractivity contribution < 1.29 is 0 Å². The first-order valence-corrected chi connectivity index (χ1v) is 6.17. The van der Waals surface area contributed by atoms with Crippen LogP contribution in [0, 0.1) is 0 Å². The van der Waals surface area contributed by atoms with E-state index in [9.17, 15) is 0 Å². The molecule has 4 heterocycles. The molecule has 0 aliphatic rings. The van der Waals surface area contributed by atoms with Gasteiger partial charge in [0.05, 0.1) is 29.0 Å². The zero-order valence-electron chi connectivity index (χ0n) is 10.7. The molecule has 0 unspecified atom stereocenters. The third kappa shape index (κ3) is 1.53. The van der Waals surface area contributed by atoms with Gasteiger partial charge < -0.3 is 10.3 Å². The number of imidazole rings is 1. The number of nitrogens with one attached hydrogen (secondary N) is 2. The van der Waals surface area contributed by atoms with Gasteiger partial charge in [-0.3, -0.25) is 4.98 Å². The van der Waals surface area contributed by atoms with Gasteiger partial charge >= 0.3 is 0 Å². The SMILES string of the molecule is CNc1ccc2[nH]c(-c3cnn4ccncc34)nc2n1. The predicted octanol–water partition coefficient (Wildman–Crippen LogP) is 1.71. The fraction of sp³-hybridized carbons (Fsp3) is 0.0769. The Morgan fingerprint density at radius 3 is 3.05 bits per heavy atom. The van der Waals surface area contributed by atoms with Gasteiger partial charge in [0.1, 0.15) is 11.6 Å². The Balaban J connectivity index is 1.93. The summed E-state index contributed by atoms with van der Waals surface area (Å²) in [5, 5.41) is 7.28. The number of hydrogen-bond acceptors (Lipinski definition) is 5. The van der Waals surface area contributed by atoms with Crippen molar-refractivity contribution in [3.8, 4) is 11.4 Å². The van der Waals surface area contributed by atoms with E-state index in [0.717, 1.165) is 28.2 Å². The first kappa shape index (κ1) is 10.9. The Kier molecular flexibility index (Phi) is 2.19. The Hall–Kier alpha value is -2.96. The van der Waals surface area contributed by atoms with Crippen LogP contribution in [-0.2, 0) is 0 Å². The van der Waals surface area contributed by atoms with Gasteiger partial charge in [0, 0.05) is 19.4 Å². The van der Waals surface area contributed by atoms with Gasteiger partial charge in [-0.1, -0.05) is 0 Å². The highest BCUT2D eigenvalue weighted by atomic mass is 15.2. The van der Waals surface area contributed by atoms with Crippen LogP contribution in [0.5, 0.6) is 0 Å². The van der Waals surface area contributed by atoms with Crippen LogP contribution in [-0.4, -0.2) is 36.6 Å². The molecule has 4 aromatic heterocycles. The number of H-pyrrole nitrogens is 1. The lowest BCUT2D eigenvalue weighted by atomic mass is 10.3. The number of hydrogen-bond donors (Lipinski definition) is 2. The molecule has 7 heteroatoms. The van der Waals surface area contributed by atoms with Crippen molar-refractivity contribution in [1.82, 2.24) is 29.5 Å². The topological polar surface area (TPSA) is 83.8 Å². The minimum Gasteiger partial charge on any atom is -0.373 e. The second-order valence-electron chi connectivity index (χ2n) is 4.37. The Labute approximate surface area is 113 Å². The number of fused-ring (bicyclic) bond motifs is 2. The molecular weight excluding hydrogens is 254 g/mol. The van der Waals surface area contributed by atoms with E-state index in [-0.39, 0.29) is 0 Å². The summed E-state index contributed by atoms with van der Waals surface area (Å²) >= 11 is 0.